The Morgan fingerprint density at radius 2 is 0.415 bits per heavy atom. The van der Waals surface area contributed by atoms with Crippen LogP contribution in [0.5, 0.6) is 0 Å². The highest BCUT2D eigenvalue weighted by molar-refractivity contribution is 5.71. The molecule has 0 rings (SSSR count). The molecular formula is C59H114O6. The van der Waals surface area contributed by atoms with E-state index in [1.165, 1.54) is 238 Å². The highest BCUT2D eigenvalue weighted by Crippen LogP contribution is 2.18. The van der Waals surface area contributed by atoms with Gasteiger partial charge in [-0.2, -0.15) is 0 Å². The van der Waals surface area contributed by atoms with Gasteiger partial charge < -0.3 is 14.2 Å². The Morgan fingerprint density at radius 3 is 0.615 bits per heavy atom. The SMILES string of the molecule is CCCCCCCCCCCCCCCCCCCCCCCCCCCCCC(=O)OCC(COC(=O)CCCCCCC)OC(=O)CCCCCCCCCCCCCCCCC. The number of unbranched alkanes of at least 4 members (excludes halogenated alkanes) is 44. The van der Waals surface area contributed by atoms with E-state index < -0.39 is 6.10 Å². The predicted octanol–water partition coefficient (Wildman–Crippen LogP) is 19.5. The van der Waals surface area contributed by atoms with E-state index in [4.69, 9.17) is 14.2 Å². The summed E-state index contributed by atoms with van der Waals surface area (Å²) in [6, 6.07) is 0. The zero-order valence-electron chi connectivity index (χ0n) is 44.3. The van der Waals surface area contributed by atoms with Gasteiger partial charge in [-0.1, -0.05) is 303 Å². The van der Waals surface area contributed by atoms with E-state index in [0.29, 0.717) is 19.3 Å². The lowest BCUT2D eigenvalue weighted by atomic mass is 10.0. The van der Waals surface area contributed by atoms with Crippen molar-refractivity contribution in [1.82, 2.24) is 0 Å². The number of esters is 3. The highest BCUT2D eigenvalue weighted by atomic mass is 16.6. The second-order valence-electron chi connectivity index (χ2n) is 20.3. The molecule has 0 aliphatic rings. The fourth-order valence-electron chi connectivity index (χ4n) is 9.15. The van der Waals surface area contributed by atoms with Crippen LogP contribution in [0.4, 0.5) is 0 Å². The van der Waals surface area contributed by atoms with Crippen molar-refractivity contribution in [3.05, 3.63) is 0 Å². The molecule has 0 fully saturated rings. The number of rotatable bonds is 55. The molecule has 6 nitrogen and oxygen atoms in total. The zero-order chi connectivity index (χ0) is 47.2. The molecule has 6 heteroatoms. The van der Waals surface area contributed by atoms with E-state index >= 15 is 0 Å². The van der Waals surface area contributed by atoms with Gasteiger partial charge in [-0.15, -0.1) is 0 Å². The van der Waals surface area contributed by atoms with Crippen LogP contribution in [0.25, 0.3) is 0 Å². The fraction of sp³-hybridized carbons (Fsp3) is 0.949. The van der Waals surface area contributed by atoms with Crippen LogP contribution in [0.1, 0.15) is 342 Å². The van der Waals surface area contributed by atoms with Crippen molar-refractivity contribution in [2.45, 2.75) is 348 Å². The average molecular weight is 920 g/mol. The van der Waals surface area contributed by atoms with Crippen LogP contribution in [0.15, 0.2) is 0 Å². The number of hydrogen-bond donors (Lipinski definition) is 0. The third-order valence-electron chi connectivity index (χ3n) is 13.6. The van der Waals surface area contributed by atoms with Gasteiger partial charge in [0.25, 0.3) is 0 Å². The molecule has 0 N–H and O–H groups in total. The summed E-state index contributed by atoms with van der Waals surface area (Å²) in [7, 11) is 0. The molecule has 0 aromatic rings. The van der Waals surface area contributed by atoms with Crippen molar-refractivity contribution < 1.29 is 28.6 Å². The van der Waals surface area contributed by atoms with Crippen LogP contribution in [0.3, 0.4) is 0 Å². The minimum absolute atomic E-state index is 0.0628. The molecule has 0 spiro atoms. The van der Waals surface area contributed by atoms with Crippen LogP contribution in [0, 0.1) is 0 Å². The van der Waals surface area contributed by atoms with Crippen LogP contribution in [-0.4, -0.2) is 37.2 Å². The van der Waals surface area contributed by atoms with Crippen molar-refractivity contribution in [1.29, 1.82) is 0 Å². The predicted molar refractivity (Wildman–Crippen MR) is 280 cm³/mol. The van der Waals surface area contributed by atoms with E-state index in [2.05, 4.69) is 20.8 Å². The summed E-state index contributed by atoms with van der Waals surface area (Å²) in [5, 5.41) is 0. The standard InChI is InChI=1S/C59H114O6/c1-4-7-10-13-15-17-19-21-23-24-25-26-27-28-29-30-31-32-33-34-36-37-39-41-43-46-49-52-58(61)64-55-56(54-63-57(60)51-48-45-12-9-6-3)65-59(62)53-50-47-44-42-40-38-35-22-20-18-16-14-11-8-5-2/h56H,4-55H2,1-3H3. The molecule has 0 bridgehead atoms. The molecule has 0 radical (unpaired) electrons. The number of carbonyl (C=O) groups excluding carboxylic acids is 3. The molecule has 0 amide bonds. The molecule has 0 saturated heterocycles. The van der Waals surface area contributed by atoms with Gasteiger partial charge in [0.05, 0.1) is 0 Å². The molecule has 386 valence electrons. The van der Waals surface area contributed by atoms with Gasteiger partial charge in [-0.05, 0) is 19.3 Å². The van der Waals surface area contributed by atoms with Gasteiger partial charge in [-0.3, -0.25) is 14.4 Å². The monoisotopic (exact) mass is 919 g/mol. The lowest BCUT2D eigenvalue weighted by Crippen LogP contribution is -2.30. The summed E-state index contributed by atoms with van der Waals surface area (Å²) in [6.07, 6.45) is 61.6. The van der Waals surface area contributed by atoms with E-state index in [-0.39, 0.29) is 31.1 Å². The quantitative estimate of drug-likeness (QED) is 0.0344. The molecule has 0 aromatic carbocycles. The summed E-state index contributed by atoms with van der Waals surface area (Å²) in [5.74, 6) is -0.853. The van der Waals surface area contributed by atoms with Gasteiger partial charge in [0.2, 0.25) is 0 Å². The first-order valence-corrected chi connectivity index (χ1v) is 29.5. The maximum absolute atomic E-state index is 12.7. The maximum atomic E-state index is 12.7. The van der Waals surface area contributed by atoms with E-state index in [9.17, 15) is 14.4 Å². The van der Waals surface area contributed by atoms with Crippen LogP contribution < -0.4 is 0 Å². The Bertz CT molecular complexity index is 967. The van der Waals surface area contributed by atoms with Gasteiger partial charge >= 0.3 is 17.9 Å². The highest BCUT2D eigenvalue weighted by Gasteiger charge is 2.19. The Balaban J connectivity index is 3.93. The molecule has 0 aliphatic heterocycles. The van der Waals surface area contributed by atoms with Crippen molar-refractivity contribution in [3.8, 4) is 0 Å². The van der Waals surface area contributed by atoms with Crippen LogP contribution in [0.2, 0.25) is 0 Å². The second-order valence-corrected chi connectivity index (χ2v) is 20.3. The summed E-state index contributed by atoms with van der Waals surface area (Å²) >= 11 is 0. The Kier molecular flexibility index (Phi) is 53.7. The zero-order valence-corrected chi connectivity index (χ0v) is 44.3. The minimum atomic E-state index is -0.759. The first kappa shape index (κ1) is 63.4. The van der Waals surface area contributed by atoms with Gasteiger partial charge in [-0.25, -0.2) is 0 Å². The number of ether oxygens (including phenoxy) is 3. The van der Waals surface area contributed by atoms with Gasteiger partial charge in [0, 0.05) is 19.3 Å². The summed E-state index contributed by atoms with van der Waals surface area (Å²) in [5.41, 5.74) is 0. The molecule has 1 atom stereocenters. The van der Waals surface area contributed by atoms with Crippen LogP contribution in [-0.2, 0) is 28.6 Å². The first-order valence-electron chi connectivity index (χ1n) is 29.5. The van der Waals surface area contributed by atoms with E-state index in [1.807, 2.05) is 0 Å². The third-order valence-corrected chi connectivity index (χ3v) is 13.6. The lowest BCUT2D eigenvalue weighted by molar-refractivity contribution is -0.167. The van der Waals surface area contributed by atoms with E-state index in [0.717, 1.165) is 64.2 Å². The average Bonchev–Trinajstić information content (AvgIpc) is 3.30. The maximum Gasteiger partial charge on any atom is 0.306 e. The smallest absolute Gasteiger partial charge is 0.306 e. The molecular weight excluding hydrogens is 805 g/mol. The molecule has 0 aromatic heterocycles. The summed E-state index contributed by atoms with van der Waals surface area (Å²) in [4.78, 5) is 37.7. The Labute approximate surface area is 406 Å². The van der Waals surface area contributed by atoms with Crippen molar-refractivity contribution in [2.75, 3.05) is 13.2 Å². The topological polar surface area (TPSA) is 78.9 Å². The normalized spacial score (nSPS) is 11.9. The summed E-state index contributed by atoms with van der Waals surface area (Å²) in [6.45, 7) is 6.62. The minimum Gasteiger partial charge on any atom is -0.462 e. The number of carbonyl (C=O) groups is 3. The van der Waals surface area contributed by atoms with Gasteiger partial charge in [0.15, 0.2) is 6.10 Å². The Hall–Kier alpha value is -1.59. The lowest BCUT2D eigenvalue weighted by Gasteiger charge is -2.18. The number of hydrogen-bond acceptors (Lipinski definition) is 6. The fourth-order valence-corrected chi connectivity index (χ4v) is 9.15. The largest absolute Gasteiger partial charge is 0.462 e. The second kappa shape index (κ2) is 55.0. The molecule has 0 heterocycles. The third kappa shape index (κ3) is 53.2. The first-order chi connectivity index (χ1) is 32.0. The van der Waals surface area contributed by atoms with E-state index in [1.54, 1.807) is 0 Å². The van der Waals surface area contributed by atoms with Crippen LogP contribution >= 0.6 is 0 Å². The molecule has 0 saturated carbocycles. The molecule has 1 unspecified atom stereocenters. The Morgan fingerprint density at radius 1 is 0.246 bits per heavy atom. The molecule has 65 heavy (non-hydrogen) atoms. The summed E-state index contributed by atoms with van der Waals surface area (Å²) < 4.78 is 16.7. The molecule has 0 aliphatic carbocycles. The van der Waals surface area contributed by atoms with Crippen molar-refractivity contribution >= 4 is 17.9 Å². The van der Waals surface area contributed by atoms with Gasteiger partial charge in [0.1, 0.15) is 13.2 Å². The van der Waals surface area contributed by atoms with Crippen molar-refractivity contribution in [3.63, 3.8) is 0 Å². The van der Waals surface area contributed by atoms with Crippen molar-refractivity contribution in [2.24, 2.45) is 0 Å².